The molecule has 1 rings (SSSR count). The van der Waals surface area contributed by atoms with Crippen molar-refractivity contribution in [1.29, 1.82) is 0 Å². The van der Waals surface area contributed by atoms with Crippen LogP contribution in [0.4, 0.5) is 0 Å². The lowest BCUT2D eigenvalue weighted by Gasteiger charge is -2.17. The molecule has 35 heavy (non-hydrogen) atoms. The minimum Gasteiger partial charge on any atom is -0.508 e. The molecule has 0 aromatic heterocycles. The summed E-state index contributed by atoms with van der Waals surface area (Å²) in [5, 5.41) is 39.3. The van der Waals surface area contributed by atoms with Gasteiger partial charge in [0, 0.05) is 6.07 Å². The Morgan fingerprint density at radius 3 is 1.23 bits per heavy atom. The van der Waals surface area contributed by atoms with Gasteiger partial charge in [-0.05, 0) is 43.4 Å². The molecule has 204 valence electrons. The summed E-state index contributed by atoms with van der Waals surface area (Å²) in [6.07, 6.45) is 25.0. The van der Waals surface area contributed by atoms with Gasteiger partial charge in [-0.25, -0.2) is 0 Å². The van der Waals surface area contributed by atoms with Gasteiger partial charge < -0.3 is 20.4 Å². The van der Waals surface area contributed by atoms with E-state index in [1.165, 1.54) is 109 Å². The number of unbranched alkanes of at least 4 members (excludes halogenated alkanes) is 17. The third kappa shape index (κ3) is 18.6. The van der Waals surface area contributed by atoms with Gasteiger partial charge in [0.2, 0.25) is 0 Å². The van der Waals surface area contributed by atoms with Crippen molar-refractivity contribution in [2.75, 3.05) is 0 Å². The molecule has 0 aliphatic carbocycles. The fourth-order valence-corrected chi connectivity index (χ4v) is 4.95. The summed E-state index contributed by atoms with van der Waals surface area (Å²) in [5.74, 6) is 0.292. The zero-order chi connectivity index (χ0) is 25.6. The molecule has 4 heteroatoms. The lowest BCUT2D eigenvalue weighted by atomic mass is 9.99. The molecule has 0 unspecified atom stereocenters. The molecule has 0 aliphatic rings. The predicted octanol–water partition coefficient (Wildman–Crippen LogP) is 8.57. The number of aliphatic hydroxyl groups is 2. The van der Waals surface area contributed by atoms with Crippen LogP contribution in [0.15, 0.2) is 18.2 Å². The number of phenols is 2. The first-order valence-corrected chi connectivity index (χ1v) is 14.9. The normalized spacial score (nSPS) is 13.2. The van der Waals surface area contributed by atoms with Crippen molar-refractivity contribution in [2.24, 2.45) is 0 Å². The first-order valence-electron chi connectivity index (χ1n) is 14.9. The number of aromatic hydroxyl groups is 2. The number of benzene rings is 1. The third-order valence-electron chi connectivity index (χ3n) is 7.23. The van der Waals surface area contributed by atoms with Gasteiger partial charge in [-0.3, -0.25) is 0 Å². The second-order valence-corrected chi connectivity index (χ2v) is 10.7. The SMILES string of the molecule is CCCCCCCC[C@H](O)[C@H](O)CCCCCCCCCCCCCCCc1cc(O)cc(O)c1. The fraction of sp³-hybridized carbons (Fsp3) is 0.806. The summed E-state index contributed by atoms with van der Waals surface area (Å²) < 4.78 is 0. The number of aryl methyl sites for hydroxylation is 1. The maximum absolute atomic E-state index is 10.2. The zero-order valence-corrected chi connectivity index (χ0v) is 22.7. The minimum atomic E-state index is -0.536. The molecule has 0 aliphatic heterocycles. The van der Waals surface area contributed by atoms with Crippen LogP contribution < -0.4 is 0 Å². The van der Waals surface area contributed by atoms with Gasteiger partial charge in [-0.15, -0.1) is 0 Å². The van der Waals surface area contributed by atoms with Crippen molar-refractivity contribution in [3.63, 3.8) is 0 Å². The van der Waals surface area contributed by atoms with Crippen molar-refractivity contribution < 1.29 is 20.4 Å². The Morgan fingerprint density at radius 2 is 0.829 bits per heavy atom. The van der Waals surface area contributed by atoms with E-state index in [1.54, 1.807) is 12.1 Å². The van der Waals surface area contributed by atoms with Crippen LogP contribution in [0.5, 0.6) is 11.5 Å². The maximum Gasteiger partial charge on any atom is 0.119 e. The van der Waals surface area contributed by atoms with Crippen molar-refractivity contribution in [1.82, 2.24) is 0 Å². The van der Waals surface area contributed by atoms with Gasteiger partial charge >= 0.3 is 0 Å². The molecule has 0 radical (unpaired) electrons. The van der Waals surface area contributed by atoms with Crippen LogP contribution in [0, 0.1) is 0 Å². The van der Waals surface area contributed by atoms with Crippen LogP contribution >= 0.6 is 0 Å². The first-order chi connectivity index (χ1) is 17.0. The quantitative estimate of drug-likeness (QED) is 0.109. The number of hydrogen-bond acceptors (Lipinski definition) is 4. The summed E-state index contributed by atoms with van der Waals surface area (Å²) in [7, 11) is 0. The monoisotopic (exact) mass is 492 g/mol. The summed E-state index contributed by atoms with van der Waals surface area (Å²) in [6.45, 7) is 2.23. The Balaban J connectivity index is 1.81. The summed E-state index contributed by atoms with van der Waals surface area (Å²) in [6, 6.07) is 4.86. The molecule has 0 fully saturated rings. The van der Waals surface area contributed by atoms with E-state index in [0.29, 0.717) is 0 Å². The minimum absolute atomic E-state index is 0.146. The number of hydrogen-bond donors (Lipinski definition) is 4. The van der Waals surface area contributed by atoms with Crippen LogP contribution in [-0.4, -0.2) is 32.6 Å². The third-order valence-corrected chi connectivity index (χ3v) is 7.23. The van der Waals surface area contributed by atoms with E-state index in [2.05, 4.69) is 6.92 Å². The van der Waals surface area contributed by atoms with Gasteiger partial charge in [-0.2, -0.15) is 0 Å². The van der Waals surface area contributed by atoms with E-state index in [-0.39, 0.29) is 11.5 Å². The Bertz CT molecular complexity index is 583. The smallest absolute Gasteiger partial charge is 0.119 e. The average Bonchev–Trinajstić information content (AvgIpc) is 2.82. The average molecular weight is 493 g/mol. The largest absolute Gasteiger partial charge is 0.508 e. The van der Waals surface area contributed by atoms with Gasteiger partial charge in [-0.1, -0.05) is 122 Å². The molecule has 0 amide bonds. The predicted molar refractivity (Wildman–Crippen MR) is 148 cm³/mol. The van der Waals surface area contributed by atoms with Crippen molar-refractivity contribution in [3.05, 3.63) is 23.8 Å². The lowest BCUT2D eigenvalue weighted by Crippen LogP contribution is -2.25. The molecule has 0 saturated carbocycles. The molecule has 1 aromatic rings. The Hall–Kier alpha value is -1.26. The van der Waals surface area contributed by atoms with Crippen molar-refractivity contribution >= 4 is 0 Å². The number of rotatable bonds is 24. The fourth-order valence-electron chi connectivity index (χ4n) is 4.95. The standard InChI is InChI=1S/C31H56O4/c1-2-3-4-5-16-19-22-30(34)31(35)23-20-17-14-12-10-8-6-7-9-11-13-15-18-21-27-24-28(32)26-29(33)25-27/h24-26,30-35H,2-23H2,1H3/t30-,31+/m0/s1. The molecular formula is C31H56O4. The summed E-state index contributed by atoms with van der Waals surface area (Å²) >= 11 is 0. The highest BCUT2D eigenvalue weighted by Crippen LogP contribution is 2.22. The van der Waals surface area contributed by atoms with Gasteiger partial charge in [0.15, 0.2) is 0 Å². The van der Waals surface area contributed by atoms with E-state index in [4.69, 9.17) is 0 Å². The van der Waals surface area contributed by atoms with Gasteiger partial charge in [0.25, 0.3) is 0 Å². The molecule has 2 atom stereocenters. The highest BCUT2D eigenvalue weighted by Gasteiger charge is 2.15. The van der Waals surface area contributed by atoms with E-state index >= 15 is 0 Å². The van der Waals surface area contributed by atoms with Crippen molar-refractivity contribution in [2.45, 2.75) is 160 Å². The summed E-state index contributed by atoms with van der Waals surface area (Å²) in [4.78, 5) is 0. The number of phenolic OH excluding ortho intramolecular Hbond substituents is 2. The van der Waals surface area contributed by atoms with Crippen LogP contribution in [0.2, 0.25) is 0 Å². The van der Waals surface area contributed by atoms with Gasteiger partial charge in [0.05, 0.1) is 12.2 Å². The van der Waals surface area contributed by atoms with Crippen LogP contribution in [0.25, 0.3) is 0 Å². The number of aliphatic hydroxyl groups excluding tert-OH is 2. The second kappa shape index (κ2) is 22.0. The molecule has 0 heterocycles. The van der Waals surface area contributed by atoms with Crippen molar-refractivity contribution in [3.8, 4) is 11.5 Å². The molecule has 4 nitrogen and oxygen atoms in total. The van der Waals surface area contributed by atoms with E-state index in [1.807, 2.05) is 0 Å². The molecule has 4 N–H and O–H groups in total. The zero-order valence-electron chi connectivity index (χ0n) is 22.7. The Morgan fingerprint density at radius 1 is 0.486 bits per heavy atom. The van der Waals surface area contributed by atoms with Gasteiger partial charge in [0.1, 0.15) is 11.5 Å². The second-order valence-electron chi connectivity index (χ2n) is 10.7. The molecule has 0 saturated heterocycles. The highest BCUT2D eigenvalue weighted by molar-refractivity contribution is 5.36. The van der Waals surface area contributed by atoms with E-state index in [9.17, 15) is 20.4 Å². The van der Waals surface area contributed by atoms with Crippen LogP contribution in [0.3, 0.4) is 0 Å². The van der Waals surface area contributed by atoms with E-state index in [0.717, 1.165) is 44.1 Å². The van der Waals surface area contributed by atoms with E-state index < -0.39 is 12.2 Å². The van der Waals surface area contributed by atoms with Crippen LogP contribution in [0.1, 0.15) is 147 Å². The topological polar surface area (TPSA) is 80.9 Å². The van der Waals surface area contributed by atoms with Crippen LogP contribution in [-0.2, 0) is 6.42 Å². The molecule has 1 aromatic carbocycles. The highest BCUT2D eigenvalue weighted by atomic mass is 16.3. The summed E-state index contributed by atoms with van der Waals surface area (Å²) in [5.41, 5.74) is 1.01. The molecule has 0 bridgehead atoms. The molecule has 0 spiro atoms. The first kappa shape index (κ1) is 31.8. The Labute approximate surface area is 216 Å². The molecular weight excluding hydrogens is 436 g/mol. The maximum atomic E-state index is 10.2. The Kier molecular flexibility index (Phi) is 19.9. The lowest BCUT2D eigenvalue weighted by molar-refractivity contribution is 0.00712.